The smallest absolute Gasteiger partial charge is 0.339 e. The fourth-order valence-electron chi connectivity index (χ4n) is 4.49. The molecule has 0 aliphatic carbocycles. The molecule has 0 N–H and O–H groups in total. The van der Waals surface area contributed by atoms with E-state index in [4.69, 9.17) is 0 Å². The van der Waals surface area contributed by atoms with E-state index in [1.54, 1.807) is 10.4 Å². The average molecular weight is 437 g/mol. The Kier molecular flexibility index (Phi) is 5.81. The lowest BCUT2D eigenvalue weighted by atomic mass is 9.83. The Bertz CT molecular complexity index is 916. The van der Waals surface area contributed by atoms with Crippen LogP contribution in [0.25, 0.3) is 0 Å². The van der Waals surface area contributed by atoms with Crippen molar-refractivity contribution in [3.8, 4) is 0 Å². The maximum Gasteiger partial charge on any atom is 0.416 e. The number of carbonyl (C=O) groups is 2. The van der Waals surface area contributed by atoms with Crippen molar-refractivity contribution in [3.05, 3.63) is 52.0 Å². The monoisotopic (exact) mass is 437 g/mol. The minimum atomic E-state index is -4.48. The summed E-state index contributed by atoms with van der Waals surface area (Å²) in [7, 11) is 0. The highest BCUT2D eigenvalue weighted by Gasteiger charge is 2.39. The molecule has 2 aliphatic rings. The van der Waals surface area contributed by atoms with Crippen LogP contribution in [0.3, 0.4) is 0 Å². The van der Waals surface area contributed by atoms with Crippen molar-refractivity contribution in [1.82, 2.24) is 14.8 Å². The van der Waals surface area contributed by atoms with Gasteiger partial charge in [0.15, 0.2) is 0 Å². The van der Waals surface area contributed by atoms with E-state index in [0.717, 1.165) is 30.7 Å². The molecule has 1 aromatic carbocycles. The molecule has 0 spiro atoms. The first-order chi connectivity index (χ1) is 14.3. The van der Waals surface area contributed by atoms with Gasteiger partial charge >= 0.3 is 6.18 Å². The van der Waals surface area contributed by atoms with Gasteiger partial charge in [-0.05, 0) is 43.4 Å². The molecule has 2 saturated heterocycles. The van der Waals surface area contributed by atoms with Crippen LogP contribution in [-0.2, 0) is 17.4 Å². The fourth-order valence-corrected chi connectivity index (χ4v) is 5.05. The summed E-state index contributed by atoms with van der Waals surface area (Å²) in [5.74, 6) is -0.194. The van der Waals surface area contributed by atoms with E-state index < -0.39 is 11.7 Å². The summed E-state index contributed by atoms with van der Waals surface area (Å²) in [6.45, 7) is 1.59. The Morgan fingerprint density at radius 2 is 2.03 bits per heavy atom. The van der Waals surface area contributed by atoms with Crippen LogP contribution in [0.2, 0.25) is 0 Å². The average Bonchev–Trinajstić information content (AvgIpc) is 3.24. The van der Waals surface area contributed by atoms with Crippen molar-refractivity contribution >= 4 is 23.2 Å². The number of nitrogens with zero attached hydrogens (tertiary/aromatic N) is 3. The predicted molar refractivity (Wildman–Crippen MR) is 106 cm³/mol. The van der Waals surface area contributed by atoms with E-state index in [2.05, 4.69) is 4.98 Å². The molecule has 2 amide bonds. The Balaban J connectivity index is 1.43. The van der Waals surface area contributed by atoms with Gasteiger partial charge in [0.2, 0.25) is 5.91 Å². The Hall–Kier alpha value is -2.42. The summed E-state index contributed by atoms with van der Waals surface area (Å²) >= 11 is 1.46. The fraction of sp³-hybridized carbons (Fsp3) is 0.476. The van der Waals surface area contributed by atoms with Crippen LogP contribution in [0.5, 0.6) is 0 Å². The van der Waals surface area contributed by atoms with Gasteiger partial charge in [0.25, 0.3) is 5.91 Å². The molecule has 30 heavy (non-hydrogen) atoms. The van der Waals surface area contributed by atoms with Crippen LogP contribution in [0, 0.1) is 5.92 Å². The minimum Gasteiger partial charge on any atom is -0.339 e. The summed E-state index contributed by atoms with van der Waals surface area (Å²) in [6.07, 6.45) is -1.81. The number of piperidine rings is 2. The number of halogens is 3. The highest BCUT2D eigenvalue weighted by molar-refractivity contribution is 7.07. The summed E-state index contributed by atoms with van der Waals surface area (Å²) in [4.78, 5) is 33.4. The number of thiazole rings is 1. The summed E-state index contributed by atoms with van der Waals surface area (Å²) in [5, 5.41) is 1.87. The molecule has 0 radical (unpaired) electrons. The van der Waals surface area contributed by atoms with Crippen molar-refractivity contribution in [2.24, 2.45) is 5.92 Å². The Morgan fingerprint density at radius 1 is 1.20 bits per heavy atom. The molecule has 5 nitrogen and oxygen atoms in total. The first kappa shape index (κ1) is 20.8. The molecule has 2 atom stereocenters. The SMILES string of the molecule is O=C(c1cccc(C(F)(F)F)c1)N1CC[C@@H]2[C@H](CCCN2C(=O)Cc2cscn2)C1. The standard InChI is InChI=1S/C21H22F3N3O2S/c22-21(23,24)16-5-1-3-14(9-16)20(29)26-8-6-18-15(11-26)4-2-7-27(18)19(28)10-17-12-30-13-25-17/h1,3,5,9,12-13,15,18H,2,4,6-8,10-11H2/t15-,18-/m1/s1. The van der Waals surface area contributed by atoms with E-state index >= 15 is 0 Å². The van der Waals surface area contributed by atoms with Gasteiger partial charge in [0.05, 0.1) is 23.2 Å². The lowest BCUT2D eigenvalue weighted by Gasteiger charge is -2.47. The molecule has 2 aromatic rings. The molecular formula is C21H22F3N3O2S. The van der Waals surface area contributed by atoms with Crippen molar-refractivity contribution in [2.75, 3.05) is 19.6 Å². The van der Waals surface area contributed by atoms with Crippen molar-refractivity contribution < 1.29 is 22.8 Å². The van der Waals surface area contributed by atoms with Gasteiger partial charge in [-0.3, -0.25) is 9.59 Å². The number of fused-ring (bicyclic) bond motifs is 1. The number of likely N-dealkylation sites (tertiary alicyclic amines) is 2. The van der Waals surface area contributed by atoms with Gasteiger partial charge in [0, 0.05) is 36.6 Å². The lowest BCUT2D eigenvalue weighted by Crippen LogP contribution is -2.57. The maximum atomic E-state index is 13.0. The highest BCUT2D eigenvalue weighted by atomic mass is 32.1. The highest BCUT2D eigenvalue weighted by Crippen LogP contribution is 2.33. The number of alkyl halides is 3. The molecule has 9 heteroatoms. The van der Waals surface area contributed by atoms with Crippen LogP contribution >= 0.6 is 11.3 Å². The van der Waals surface area contributed by atoms with Crippen LogP contribution in [-0.4, -0.2) is 52.3 Å². The number of rotatable bonds is 3. The van der Waals surface area contributed by atoms with E-state index in [9.17, 15) is 22.8 Å². The summed E-state index contributed by atoms with van der Waals surface area (Å²) in [6, 6.07) is 4.64. The van der Waals surface area contributed by atoms with Crippen LogP contribution in [0.4, 0.5) is 13.2 Å². The van der Waals surface area contributed by atoms with E-state index in [1.165, 1.54) is 23.5 Å². The number of hydrogen-bond acceptors (Lipinski definition) is 4. The Labute approximate surface area is 176 Å². The molecule has 0 saturated carbocycles. The van der Waals surface area contributed by atoms with Crippen LogP contribution in [0.15, 0.2) is 35.2 Å². The van der Waals surface area contributed by atoms with Crippen LogP contribution < -0.4 is 0 Å². The van der Waals surface area contributed by atoms with Gasteiger partial charge in [-0.2, -0.15) is 13.2 Å². The van der Waals surface area contributed by atoms with Crippen molar-refractivity contribution in [3.63, 3.8) is 0 Å². The second-order valence-corrected chi connectivity index (χ2v) is 8.55. The molecule has 160 valence electrons. The van der Waals surface area contributed by atoms with Gasteiger partial charge in [-0.1, -0.05) is 6.07 Å². The third kappa shape index (κ3) is 4.35. The molecule has 3 heterocycles. The zero-order chi connectivity index (χ0) is 21.3. The number of hydrogen-bond donors (Lipinski definition) is 0. The zero-order valence-electron chi connectivity index (χ0n) is 16.3. The first-order valence-electron chi connectivity index (χ1n) is 9.96. The number of benzene rings is 1. The lowest BCUT2D eigenvalue weighted by molar-refractivity contribution is -0.138. The van der Waals surface area contributed by atoms with Crippen molar-refractivity contribution in [2.45, 2.75) is 37.9 Å². The van der Waals surface area contributed by atoms with Gasteiger partial charge in [-0.15, -0.1) is 11.3 Å². The molecule has 0 bridgehead atoms. The van der Waals surface area contributed by atoms with Crippen LogP contribution in [0.1, 0.15) is 40.9 Å². The Morgan fingerprint density at radius 3 is 2.77 bits per heavy atom. The number of amides is 2. The quantitative estimate of drug-likeness (QED) is 0.733. The second-order valence-electron chi connectivity index (χ2n) is 7.83. The first-order valence-corrected chi connectivity index (χ1v) is 10.9. The molecular weight excluding hydrogens is 415 g/mol. The largest absolute Gasteiger partial charge is 0.416 e. The normalized spacial score (nSPS) is 22.0. The molecule has 4 rings (SSSR count). The maximum absolute atomic E-state index is 13.0. The predicted octanol–water partition coefficient (Wildman–Crippen LogP) is 3.86. The second kappa shape index (κ2) is 8.37. The van der Waals surface area contributed by atoms with Gasteiger partial charge < -0.3 is 9.80 Å². The van der Waals surface area contributed by atoms with Gasteiger partial charge in [-0.25, -0.2) is 4.98 Å². The third-order valence-corrected chi connectivity index (χ3v) is 6.56. The third-order valence-electron chi connectivity index (χ3n) is 5.93. The van der Waals surface area contributed by atoms with E-state index in [1.807, 2.05) is 10.3 Å². The molecule has 2 aliphatic heterocycles. The van der Waals surface area contributed by atoms with Gasteiger partial charge in [0.1, 0.15) is 0 Å². The van der Waals surface area contributed by atoms with Crippen molar-refractivity contribution in [1.29, 1.82) is 0 Å². The number of aromatic nitrogens is 1. The topological polar surface area (TPSA) is 53.5 Å². The number of carbonyl (C=O) groups excluding carboxylic acids is 2. The molecule has 2 fully saturated rings. The minimum absolute atomic E-state index is 0.0493. The van der Waals surface area contributed by atoms with E-state index in [-0.39, 0.29) is 35.8 Å². The van der Waals surface area contributed by atoms with E-state index in [0.29, 0.717) is 26.1 Å². The zero-order valence-corrected chi connectivity index (χ0v) is 17.1. The summed E-state index contributed by atoms with van der Waals surface area (Å²) in [5.41, 5.74) is 1.71. The molecule has 0 unspecified atom stereocenters. The molecule has 1 aromatic heterocycles. The summed E-state index contributed by atoms with van der Waals surface area (Å²) < 4.78 is 38.9.